The van der Waals surface area contributed by atoms with E-state index < -0.39 is 30.6 Å². The van der Waals surface area contributed by atoms with Crippen molar-refractivity contribution in [3.63, 3.8) is 0 Å². The van der Waals surface area contributed by atoms with E-state index in [9.17, 15) is 29.6 Å². The predicted octanol–water partition coefficient (Wildman–Crippen LogP) is -3.04. The average molecular weight is 581 g/mol. The van der Waals surface area contributed by atoms with Crippen molar-refractivity contribution in [2.45, 2.75) is 91.3 Å². The number of hydrogen-bond donors (Lipinski definition) is 3. The second kappa shape index (κ2) is 19.1. The summed E-state index contributed by atoms with van der Waals surface area (Å²) in [5, 5.41) is 51.3. The van der Waals surface area contributed by atoms with E-state index in [2.05, 4.69) is 0 Å². The number of phenolic OH excluding ortho intramolecular Hbond substituents is 1. The van der Waals surface area contributed by atoms with Gasteiger partial charge in [-0.25, -0.2) is 4.39 Å². The van der Waals surface area contributed by atoms with Gasteiger partial charge in [-0.05, 0) is 42.4 Å². The molecule has 0 amide bonds. The van der Waals surface area contributed by atoms with Gasteiger partial charge in [0.25, 0.3) is 0 Å². The Bertz CT molecular complexity index is 1080. The molecule has 0 aliphatic heterocycles. The monoisotopic (exact) mass is 580 g/mol. The zero-order valence-electron chi connectivity index (χ0n) is 25.1. The molecule has 2 rings (SSSR count). The molecule has 2 aromatic rings. The predicted molar refractivity (Wildman–Crippen MR) is 138 cm³/mol. The fourth-order valence-corrected chi connectivity index (χ4v) is 4.38. The van der Waals surface area contributed by atoms with Gasteiger partial charge >= 0.3 is 59.1 Å². The zero-order valence-corrected chi connectivity index (χ0v) is 29.1. The van der Waals surface area contributed by atoms with Gasteiger partial charge in [0.15, 0.2) is 0 Å². The summed E-state index contributed by atoms with van der Waals surface area (Å²) in [6, 6.07) is 5.91. The van der Waals surface area contributed by atoms with E-state index >= 15 is 0 Å². The first kappa shape index (κ1) is 41.0. The summed E-state index contributed by atoms with van der Waals surface area (Å²) in [6.07, 6.45) is -3.11. The number of aliphatic hydroxyl groups excluding tert-OH is 2. The standard InChI is InChI=1S/C27H37FO6.C2H4O2.2Na/c1-14(2)22-23(15(3)4)27(34-13-20(30)11-19(29)12-21(31)32)24(16(5)6)25(26(22)33)17-7-9-18(28)10-8-17;1-2(3)4;;/h7-10,14-16,19-20,29-30,33H,11-13H2,1-6H3,(H,31,32);1H3,(H,3,4);;/q;;2*+1/p-2/t19-,20+;;;/m1.../s1. The van der Waals surface area contributed by atoms with Gasteiger partial charge in [0.05, 0.1) is 12.2 Å². The summed E-state index contributed by atoms with van der Waals surface area (Å²) in [5.41, 5.74) is 3.49. The van der Waals surface area contributed by atoms with Crippen LogP contribution in [0.5, 0.6) is 11.5 Å². The van der Waals surface area contributed by atoms with Crippen molar-refractivity contribution < 1.29 is 103 Å². The van der Waals surface area contributed by atoms with E-state index in [-0.39, 0.29) is 101 Å². The number of carboxylic acid groups (broad SMARTS) is 2. The number of carbonyl (C=O) groups excluding carboxylic acids is 2. The van der Waals surface area contributed by atoms with Gasteiger partial charge < -0.3 is 39.9 Å². The molecule has 0 saturated heterocycles. The number of rotatable bonds is 11. The third kappa shape index (κ3) is 12.4. The SMILES string of the molecule is CC(=O)[O-].CC(C)c1c(OC[C@@H](O)C[C@@H](O)CC(=O)[O-])c(C(C)C)c(C(C)C)c(O)c1-c1ccc(F)cc1.[Na+].[Na+]. The summed E-state index contributed by atoms with van der Waals surface area (Å²) >= 11 is 0. The third-order valence-corrected chi connectivity index (χ3v) is 5.77. The molecule has 2 atom stereocenters. The summed E-state index contributed by atoms with van der Waals surface area (Å²) in [4.78, 5) is 19.6. The van der Waals surface area contributed by atoms with Crippen LogP contribution in [0, 0.1) is 5.82 Å². The van der Waals surface area contributed by atoms with Crippen LogP contribution >= 0.6 is 0 Å². The molecule has 40 heavy (non-hydrogen) atoms. The van der Waals surface area contributed by atoms with Crippen LogP contribution in [0.4, 0.5) is 4.39 Å². The normalized spacial score (nSPS) is 12.1. The Labute approximate surface area is 280 Å². The molecule has 3 N–H and O–H groups in total. The van der Waals surface area contributed by atoms with E-state index in [1.165, 1.54) is 12.1 Å². The first-order valence-corrected chi connectivity index (χ1v) is 12.6. The molecule has 0 aliphatic rings. The molecule has 0 bridgehead atoms. The second-order valence-electron chi connectivity index (χ2n) is 10.2. The molecule has 11 heteroatoms. The Morgan fingerprint density at radius 2 is 1.30 bits per heavy atom. The molecule has 0 aliphatic carbocycles. The van der Waals surface area contributed by atoms with Crippen molar-refractivity contribution >= 4 is 11.9 Å². The molecule has 0 saturated carbocycles. The maximum atomic E-state index is 13.6. The number of ether oxygens (including phenoxy) is 1. The molecular weight excluding hydrogens is 541 g/mol. The van der Waals surface area contributed by atoms with Crippen LogP contribution in [0.2, 0.25) is 0 Å². The fraction of sp³-hybridized carbons (Fsp3) is 0.517. The van der Waals surface area contributed by atoms with Crippen LogP contribution in [0.1, 0.15) is 95.8 Å². The van der Waals surface area contributed by atoms with Crippen molar-refractivity contribution in [2.24, 2.45) is 0 Å². The van der Waals surface area contributed by atoms with Crippen LogP contribution in [0.25, 0.3) is 11.1 Å². The van der Waals surface area contributed by atoms with Crippen molar-refractivity contribution in [2.75, 3.05) is 6.61 Å². The molecular formula is C29H39FNa2O8. The van der Waals surface area contributed by atoms with E-state index in [1.807, 2.05) is 41.5 Å². The third-order valence-electron chi connectivity index (χ3n) is 5.77. The van der Waals surface area contributed by atoms with Crippen LogP contribution in [0.3, 0.4) is 0 Å². The maximum Gasteiger partial charge on any atom is 1.00 e. The number of carboxylic acids is 2. The fourth-order valence-electron chi connectivity index (χ4n) is 4.38. The minimum absolute atomic E-state index is 0. The van der Waals surface area contributed by atoms with E-state index in [0.29, 0.717) is 16.9 Å². The topological polar surface area (TPSA) is 150 Å². The van der Waals surface area contributed by atoms with Gasteiger partial charge in [0.1, 0.15) is 23.9 Å². The van der Waals surface area contributed by atoms with Crippen LogP contribution < -0.4 is 74.1 Å². The molecule has 0 heterocycles. The van der Waals surface area contributed by atoms with Crippen molar-refractivity contribution in [3.05, 3.63) is 46.8 Å². The number of halogens is 1. The van der Waals surface area contributed by atoms with Crippen LogP contribution in [-0.2, 0) is 9.59 Å². The van der Waals surface area contributed by atoms with Gasteiger partial charge in [-0.1, -0.05) is 53.7 Å². The van der Waals surface area contributed by atoms with Crippen molar-refractivity contribution in [3.8, 4) is 22.6 Å². The van der Waals surface area contributed by atoms with Crippen LogP contribution in [-0.4, -0.2) is 46.1 Å². The molecule has 0 radical (unpaired) electrons. The van der Waals surface area contributed by atoms with E-state index in [1.54, 1.807) is 12.1 Å². The molecule has 0 spiro atoms. The molecule has 0 aromatic heterocycles. The number of phenols is 1. The van der Waals surface area contributed by atoms with Crippen molar-refractivity contribution in [1.29, 1.82) is 0 Å². The quantitative estimate of drug-likeness (QED) is 0.238. The first-order valence-electron chi connectivity index (χ1n) is 12.6. The maximum absolute atomic E-state index is 13.6. The minimum Gasteiger partial charge on any atom is -0.550 e. The molecule has 212 valence electrons. The van der Waals surface area contributed by atoms with Gasteiger partial charge in [0, 0.05) is 47.0 Å². The summed E-state index contributed by atoms with van der Waals surface area (Å²) in [7, 11) is 0. The number of hydrogen-bond acceptors (Lipinski definition) is 8. The van der Waals surface area contributed by atoms with Crippen molar-refractivity contribution in [1.82, 2.24) is 0 Å². The number of benzene rings is 2. The van der Waals surface area contributed by atoms with Gasteiger partial charge in [-0.15, -0.1) is 0 Å². The Kier molecular flexibility index (Phi) is 19.6. The number of aliphatic hydroxyl groups is 2. The number of aromatic hydroxyl groups is 1. The Balaban J connectivity index is 0. The smallest absolute Gasteiger partial charge is 0.550 e. The largest absolute Gasteiger partial charge is 1.00 e. The van der Waals surface area contributed by atoms with Gasteiger partial charge in [0.2, 0.25) is 0 Å². The average Bonchev–Trinajstić information content (AvgIpc) is 2.76. The van der Waals surface area contributed by atoms with Gasteiger partial charge in [-0.2, -0.15) is 0 Å². The molecule has 8 nitrogen and oxygen atoms in total. The first-order chi connectivity index (χ1) is 17.6. The summed E-state index contributed by atoms with van der Waals surface area (Å²) in [5.74, 6) is -2.33. The summed E-state index contributed by atoms with van der Waals surface area (Å²) < 4.78 is 19.8. The molecule has 0 unspecified atom stereocenters. The molecule has 0 fully saturated rings. The Morgan fingerprint density at radius 1 is 0.850 bits per heavy atom. The second-order valence-corrected chi connectivity index (χ2v) is 10.2. The van der Waals surface area contributed by atoms with E-state index in [0.717, 1.165) is 23.6 Å². The Morgan fingerprint density at radius 3 is 1.70 bits per heavy atom. The van der Waals surface area contributed by atoms with E-state index in [4.69, 9.17) is 14.6 Å². The van der Waals surface area contributed by atoms with Gasteiger partial charge in [-0.3, -0.25) is 0 Å². The number of aliphatic carboxylic acids is 2. The minimum atomic E-state index is -1.39. The molecule has 2 aromatic carbocycles. The Hall–Kier alpha value is -1.17. The number of carbonyl (C=O) groups is 2. The zero-order chi connectivity index (χ0) is 29.3. The summed E-state index contributed by atoms with van der Waals surface area (Å²) in [6.45, 7) is 12.7. The van der Waals surface area contributed by atoms with Crippen LogP contribution in [0.15, 0.2) is 24.3 Å².